The van der Waals surface area contributed by atoms with Crippen molar-refractivity contribution >= 4 is 9.04 Å². The SMILES string of the molecule is C[SiH](CCO)OCc1ccccc1. The van der Waals surface area contributed by atoms with Crippen LogP contribution in [0.25, 0.3) is 0 Å². The molecule has 0 bridgehead atoms. The molecular formula is C10H16O2Si. The Balaban J connectivity index is 2.27. The Labute approximate surface area is 80.9 Å². The van der Waals surface area contributed by atoms with Crippen LogP contribution >= 0.6 is 0 Å². The summed E-state index contributed by atoms with van der Waals surface area (Å²) in [6.07, 6.45) is 0. The first-order valence-corrected chi connectivity index (χ1v) is 7.03. The summed E-state index contributed by atoms with van der Waals surface area (Å²) in [7, 11) is -1.12. The molecule has 0 spiro atoms. The standard InChI is InChI=1S/C10H16O2Si/c1-13(8-7-11)12-9-10-5-3-2-4-6-10/h2-6,11,13H,7-9H2,1H3. The van der Waals surface area contributed by atoms with Crippen LogP contribution in [-0.2, 0) is 11.0 Å². The van der Waals surface area contributed by atoms with Gasteiger partial charge in [-0.05, 0) is 18.2 Å². The summed E-state index contributed by atoms with van der Waals surface area (Å²) in [5.74, 6) is 0. The van der Waals surface area contributed by atoms with Crippen LogP contribution in [0.1, 0.15) is 5.56 Å². The zero-order valence-corrected chi connectivity index (χ0v) is 9.10. The van der Waals surface area contributed by atoms with Gasteiger partial charge in [-0.25, -0.2) is 0 Å². The van der Waals surface area contributed by atoms with Gasteiger partial charge in [0.2, 0.25) is 0 Å². The zero-order valence-electron chi connectivity index (χ0n) is 7.94. The highest BCUT2D eigenvalue weighted by Gasteiger charge is 2.03. The van der Waals surface area contributed by atoms with Gasteiger partial charge in [-0.1, -0.05) is 30.3 Å². The molecule has 1 aromatic rings. The average molecular weight is 196 g/mol. The first-order chi connectivity index (χ1) is 6.33. The minimum atomic E-state index is -1.12. The maximum atomic E-state index is 8.69. The van der Waals surface area contributed by atoms with Gasteiger partial charge in [0.05, 0.1) is 6.61 Å². The fraction of sp³-hybridized carbons (Fsp3) is 0.400. The maximum absolute atomic E-state index is 8.69. The molecule has 1 aromatic carbocycles. The summed E-state index contributed by atoms with van der Waals surface area (Å²) in [6, 6.07) is 11.0. The van der Waals surface area contributed by atoms with E-state index in [1.165, 1.54) is 5.56 Å². The quantitative estimate of drug-likeness (QED) is 0.724. The predicted molar refractivity (Wildman–Crippen MR) is 56.1 cm³/mol. The van der Waals surface area contributed by atoms with E-state index < -0.39 is 9.04 Å². The van der Waals surface area contributed by atoms with Gasteiger partial charge >= 0.3 is 0 Å². The van der Waals surface area contributed by atoms with Crippen LogP contribution in [0.4, 0.5) is 0 Å². The van der Waals surface area contributed by atoms with Crippen LogP contribution < -0.4 is 0 Å². The molecule has 0 fully saturated rings. The molecule has 0 saturated carbocycles. The van der Waals surface area contributed by atoms with E-state index in [1.54, 1.807) is 0 Å². The Morgan fingerprint density at radius 1 is 1.31 bits per heavy atom. The van der Waals surface area contributed by atoms with Crippen molar-refractivity contribution in [3.05, 3.63) is 35.9 Å². The van der Waals surface area contributed by atoms with E-state index in [1.807, 2.05) is 18.2 Å². The fourth-order valence-corrected chi connectivity index (χ4v) is 2.09. The van der Waals surface area contributed by atoms with E-state index >= 15 is 0 Å². The van der Waals surface area contributed by atoms with E-state index in [4.69, 9.17) is 9.53 Å². The molecule has 0 heterocycles. The van der Waals surface area contributed by atoms with Gasteiger partial charge in [-0.2, -0.15) is 0 Å². The fourth-order valence-electron chi connectivity index (χ4n) is 1.08. The van der Waals surface area contributed by atoms with Crippen LogP contribution in [0.5, 0.6) is 0 Å². The molecule has 1 N–H and O–H groups in total. The maximum Gasteiger partial charge on any atom is 0.176 e. The van der Waals surface area contributed by atoms with E-state index in [-0.39, 0.29) is 6.61 Å². The van der Waals surface area contributed by atoms with Crippen molar-refractivity contribution in [2.24, 2.45) is 0 Å². The lowest BCUT2D eigenvalue weighted by molar-refractivity contribution is 0.282. The van der Waals surface area contributed by atoms with Gasteiger partial charge < -0.3 is 9.53 Å². The van der Waals surface area contributed by atoms with E-state index in [9.17, 15) is 0 Å². The lowest BCUT2D eigenvalue weighted by atomic mass is 10.2. The van der Waals surface area contributed by atoms with Crippen molar-refractivity contribution in [1.82, 2.24) is 0 Å². The molecule has 2 nitrogen and oxygen atoms in total. The van der Waals surface area contributed by atoms with Crippen LogP contribution in [0.3, 0.4) is 0 Å². The molecule has 0 aliphatic heterocycles. The third-order valence-corrected chi connectivity index (χ3v) is 3.72. The van der Waals surface area contributed by atoms with E-state index in [0.29, 0.717) is 6.61 Å². The summed E-state index contributed by atoms with van der Waals surface area (Å²) in [5, 5.41) is 8.69. The lowest BCUT2D eigenvalue weighted by Gasteiger charge is -2.09. The molecular weight excluding hydrogens is 180 g/mol. The van der Waals surface area contributed by atoms with Crippen molar-refractivity contribution in [3.63, 3.8) is 0 Å². The monoisotopic (exact) mass is 196 g/mol. The zero-order chi connectivity index (χ0) is 9.52. The highest BCUT2D eigenvalue weighted by molar-refractivity contribution is 6.50. The lowest BCUT2D eigenvalue weighted by Crippen LogP contribution is -2.14. The largest absolute Gasteiger partial charge is 0.416 e. The Hall–Kier alpha value is -0.643. The van der Waals surface area contributed by atoms with E-state index in [2.05, 4.69) is 18.7 Å². The highest BCUT2D eigenvalue weighted by Crippen LogP contribution is 2.03. The second kappa shape index (κ2) is 5.91. The van der Waals surface area contributed by atoms with Crippen LogP contribution in [0.2, 0.25) is 12.6 Å². The molecule has 72 valence electrons. The van der Waals surface area contributed by atoms with Crippen molar-refractivity contribution < 1.29 is 9.53 Å². The Morgan fingerprint density at radius 2 is 2.00 bits per heavy atom. The Kier molecular flexibility index (Phi) is 4.75. The molecule has 3 heteroatoms. The minimum Gasteiger partial charge on any atom is -0.416 e. The summed E-state index contributed by atoms with van der Waals surface area (Å²) in [5.41, 5.74) is 1.21. The number of benzene rings is 1. The third kappa shape index (κ3) is 4.22. The van der Waals surface area contributed by atoms with Crippen molar-refractivity contribution in [2.45, 2.75) is 19.2 Å². The highest BCUT2D eigenvalue weighted by atomic mass is 28.3. The van der Waals surface area contributed by atoms with Crippen LogP contribution in [-0.4, -0.2) is 20.8 Å². The molecule has 1 rings (SSSR count). The second-order valence-electron chi connectivity index (χ2n) is 3.12. The molecule has 13 heavy (non-hydrogen) atoms. The van der Waals surface area contributed by atoms with Gasteiger partial charge in [0.1, 0.15) is 0 Å². The molecule has 0 amide bonds. The third-order valence-electron chi connectivity index (χ3n) is 1.91. The van der Waals surface area contributed by atoms with Crippen LogP contribution in [0.15, 0.2) is 30.3 Å². The van der Waals surface area contributed by atoms with E-state index in [0.717, 1.165) is 6.04 Å². The topological polar surface area (TPSA) is 29.5 Å². The molecule has 0 aliphatic rings. The Morgan fingerprint density at radius 3 is 2.62 bits per heavy atom. The molecule has 1 unspecified atom stereocenters. The Bertz CT molecular complexity index is 226. The number of aliphatic hydroxyl groups excluding tert-OH is 1. The minimum absolute atomic E-state index is 0.252. The molecule has 0 saturated heterocycles. The average Bonchev–Trinajstić information content (AvgIpc) is 2.17. The number of aliphatic hydroxyl groups is 1. The summed E-state index contributed by atoms with van der Waals surface area (Å²) >= 11 is 0. The molecule has 0 aliphatic carbocycles. The van der Waals surface area contributed by atoms with Gasteiger partial charge in [-0.3, -0.25) is 0 Å². The smallest absolute Gasteiger partial charge is 0.176 e. The van der Waals surface area contributed by atoms with Gasteiger partial charge in [0, 0.05) is 6.61 Å². The number of rotatable bonds is 5. The summed E-state index contributed by atoms with van der Waals surface area (Å²) in [4.78, 5) is 0. The number of hydrogen-bond donors (Lipinski definition) is 1. The molecule has 0 radical (unpaired) electrons. The van der Waals surface area contributed by atoms with Crippen molar-refractivity contribution in [1.29, 1.82) is 0 Å². The first kappa shape index (κ1) is 10.4. The molecule has 1 atom stereocenters. The normalized spacial score (nSPS) is 12.8. The predicted octanol–water partition coefficient (Wildman–Crippen LogP) is 1.55. The summed E-state index contributed by atoms with van der Waals surface area (Å²) in [6.45, 7) is 3.05. The second-order valence-corrected chi connectivity index (χ2v) is 5.65. The summed E-state index contributed by atoms with van der Waals surface area (Å²) < 4.78 is 5.65. The van der Waals surface area contributed by atoms with Gasteiger partial charge in [0.15, 0.2) is 9.04 Å². The van der Waals surface area contributed by atoms with Gasteiger partial charge in [0.25, 0.3) is 0 Å². The molecule has 0 aromatic heterocycles. The van der Waals surface area contributed by atoms with Crippen LogP contribution in [0, 0.1) is 0 Å². The van der Waals surface area contributed by atoms with Gasteiger partial charge in [-0.15, -0.1) is 0 Å². The first-order valence-electron chi connectivity index (χ1n) is 4.59. The number of hydrogen-bond acceptors (Lipinski definition) is 2. The van der Waals surface area contributed by atoms with Crippen molar-refractivity contribution in [2.75, 3.05) is 6.61 Å². The van der Waals surface area contributed by atoms with Crippen molar-refractivity contribution in [3.8, 4) is 0 Å².